The van der Waals surface area contributed by atoms with E-state index in [-0.39, 0.29) is 0 Å². The van der Waals surface area contributed by atoms with Crippen LogP contribution < -0.4 is 14.2 Å². The van der Waals surface area contributed by atoms with Crippen LogP contribution in [0.15, 0.2) is 42.5 Å². The standard InChI is InChI=1S/C16H17BrO3/c1-18-14-7-8-16(13(9-14)10-17)20-11-12-5-3-4-6-15(12)19-2/h3-9H,10-11H2,1-2H3. The van der Waals surface area contributed by atoms with E-state index in [0.717, 1.165) is 28.4 Å². The summed E-state index contributed by atoms with van der Waals surface area (Å²) < 4.78 is 16.4. The van der Waals surface area contributed by atoms with E-state index in [2.05, 4.69) is 15.9 Å². The zero-order chi connectivity index (χ0) is 14.4. The second kappa shape index (κ2) is 7.20. The van der Waals surface area contributed by atoms with Gasteiger partial charge in [-0.15, -0.1) is 0 Å². The number of alkyl halides is 1. The summed E-state index contributed by atoms with van der Waals surface area (Å²) in [5, 5.41) is 0.714. The van der Waals surface area contributed by atoms with Crippen LogP contribution in [0.2, 0.25) is 0 Å². The largest absolute Gasteiger partial charge is 0.497 e. The van der Waals surface area contributed by atoms with Crippen molar-refractivity contribution < 1.29 is 14.2 Å². The molecule has 20 heavy (non-hydrogen) atoms. The fourth-order valence-electron chi connectivity index (χ4n) is 1.91. The van der Waals surface area contributed by atoms with Crippen molar-refractivity contribution in [3.05, 3.63) is 53.6 Å². The first-order valence-electron chi connectivity index (χ1n) is 6.26. The lowest BCUT2D eigenvalue weighted by atomic mass is 10.2. The van der Waals surface area contributed by atoms with Gasteiger partial charge in [0.05, 0.1) is 14.2 Å². The fourth-order valence-corrected chi connectivity index (χ4v) is 2.34. The van der Waals surface area contributed by atoms with Crippen molar-refractivity contribution in [1.82, 2.24) is 0 Å². The molecule has 0 aliphatic heterocycles. The van der Waals surface area contributed by atoms with E-state index < -0.39 is 0 Å². The lowest BCUT2D eigenvalue weighted by Gasteiger charge is -2.13. The Balaban J connectivity index is 2.14. The van der Waals surface area contributed by atoms with Crippen LogP contribution in [0.4, 0.5) is 0 Å². The first-order valence-corrected chi connectivity index (χ1v) is 7.38. The molecule has 0 spiro atoms. The molecular formula is C16H17BrO3. The summed E-state index contributed by atoms with van der Waals surface area (Å²) in [6.07, 6.45) is 0. The Morgan fingerprint density at radius 3 is 2.40 bits per heavy atom. The molecule has 0 aliphatic rings. The van der Waals surface area contributed by atoms with Gasteiger partial charge in [-0.1, -0.05) is 34.1 Å². The van der Waals surface area contributed by atoms with Gasteiger partial charge >= 0.3 is 0 Å². The number of hydrogen-bond acceptors (Lipinski definition) is 3. The second-order valence-electron chi connectivity index (χ2n) is 4.21. The first-order chi connectivity index (χ1) is 9.78. The summed E-state index contributed by atoms with van der Waals surface area (Å²) in [7, 11) is 3.32. The molecule has 0 atom stereocenters. The highest BCUT2D eigenvalue weighted by Gasteiger charge is 2.07. The van der Waals surface area contributed by atoms with E-state index in [1.807, 2.05) is 42.5 Å². The summed E-state index contributed by atoms with van der Waals surface area (Å²) in [5.74, 6) is 2.50. The second-order valence-corrected chi connectivity index (χ2v) is 4.77. The van der Waals surface area contributed by atoms with Crippen LogP contribution >= 0.6 is 15.9 Å². The highest BCUT2D eigenvalue weighted by molar-refractivity contribution is 9.08. The van der Waals surface area contributed by atoms with E-state index in [9.17, 15) is 0 Å². The van der Waals surface area contributed by atoms with Gasteiger partial charge in [-0.25, -0.2) is 0 Å². The van der Waals surface area contributed by atoms with Gasteiger partial charge < -0.3 is 14.2 Å². The van der Waals surface area contributed by atoms with Gasteiger partial charge in [0, 0.05) is 16.5 Å². The number of rotatable bonds is 6. The van der Waals surface area contributed by atoms with Gasteiger partial charge in [0.15, 0.2) is 0 Å². The molecule has 2 rings (SSSR count). The normalized spacial score (nSPS) is 10.2. The van der Waals surface area contributed by atoms with Crippen molar-refractivity contribution in [2.24, 2.45) is 0 Å². The van der Waals surface area contributed by atoms with Crippen LogP contribution in [0.3, 0.4) is 0 Å². The molecule has 0 N–H and O–H groups in total. The molecule has 3 nitrogen and oxygen atoms in total. The van der Waals surface area contributed by atoms with Crippen LogP contribution in [0, 0.1) is 0 Å². The maximum absolute atomic E-state index is 5.89. The molecule has 2 aromatic carbocycles. The molecule has 0 saturated carbocycles. The quantitative estimate of drug-likeness (QED) is 0.740. The third kappa shape index (κ3) is 3.45. The topological polar surface area (TPSA) is 27.7 Å². The third-order valence-corrected chi connectivity index (χ3v) is 3.59. The maximum Gasteiger partial charge on any atom is 0.125 e. The lowest BCUT2D eigenvalue weighted by Crippen LogP contribution is -2.00. The summed E-state index contributed by atoms with van der Waals surface area (Å²) in [4.78, 5) is 0. The van der Waals surface area contributed by atoms with E-state index >= 15 is 0 Å². The molecule has 0 heterocycles. The monoisotopic (exact) mass is 336 g/mol. The molecule has 0 amide bonds. The lowest BCUT2D eigenvalue weighted by molar-refractivity contribution is 0.294. The third-order valence-electron chi connectivity index (χ3n) is 2.99. The minimum Gasteiger partial charge on any atom is -0.497 e. The average molecular weight is 337 g/mol. The van der Waals surface area contributed by atoms with Gasteiger partial charge in [-0.3, -0.25) is 0 Å². The number of halogens is 1. The zero-order valence-electron chi connectivity index (χ0n) is 11.6. The molecule has 0 fully saturated rings. The molecular weight excluding hydrogens is 320 g/mol. The van der Waals surface area contributed by atoms with Crippen molar-refractivity contribution in [3.8, 4) is 17.2 Å². The smallest absolute Gasteiger partial charge is 0.125 e. The molecule has 106 valence electrons. The molecule has 0 saturated heterocycles. The Labute approximate surface area is 127 Å². The van der Waals surface area contributed by atoms with E-state index in [1.165, 1.54) is 0 Å². The Morgan fingerprint density at radius 1 is 0.900 bits per heavy atom. The maximum atomic E-state index is 5.89. The number of para-hydroxylation sites is 1. The summed E-state index contributed by atoms with van der Waals surface area (Å²) in [6.45, 7) is 0.469. The van der Waals surface area contributed by atoms with Gasteiger partial charge in [-0.2, -0.15) is 0 Å². The van der Waals surface area contributed by atoms with Crippen LogP contribution in [-0.2, 0) is 11.9 Å². The van der Waals surface area contributed by atoms with Crippen LogP contribution in [0.25, 0.3) is 0 Å². The minimum absolute atomic E-state index is 0.469. The Morgan fingerprint density at radius 2 is 1.70 bits per heavy atom. The van der Waals surface area contributed by atoms with E-state index in [0.29, 0.717) is 11.9 Å². The van der Waals surface area contributed by atoms with Crippen molar-refractivity contribution in [2.75, 3.05) is 14.2 Å². The van der Waals surface area contributed by atoms with Crippen LogP contribution in [0.1, 0.15) is 11.1 Å². The molecule has 2 aromatic rings. The summed E-state index contributed by atoms with van der Waals surface area (Å²) in [5.41, 5.74) is 2.07. The zero-order valence-corrected chi connectivity index (χ0v) is 13.1. The van der Waals surface area contributed by atoms with Crippen LogP contribution in [0.5, 0.6) is 17.2 Å². The summed E-state index contributed by atoms with van der Waals surface area (Å²) >= 11 is 3.47. The molecule has 0 radical (unpaired) electrons. The highest BCUT2D eigenvalue weighted by atomic mass is 79.9. The van der Waals surface area contributed by atoms with Crippen molar-refractivity contribution in [1.29, 1.82) is 0 Å². The SMILES string of the molecule is COc1ccc(OCc2ccccc2OC)c(CBr)c1. The molecule has 4 heteroatoms. The molecule has 0 aromatic heterocycles. The van der Waals surface area contributed by atoms with Gasteiger partial charge in [0.1, 0.15) is 23.9 Å². The molecule has 0 aliphatic carbocycles. The predicted molar refractivity (Wildman–Crippen MR) is 83.0 cm³/mol. The number of ether oxygens (including phenoxy) is 3. The first kappa shape index (κ1) is 14.7. The predicted octanol–water partition coefficient (Wildman–Crippen LogP) is 4.18. The van der Waals surface area contributed by atoms with E-state index in [4.69, 9.17) is 14.2 Å². The Bertz CT molecular complexity index is 569. The minimum atomic E-state index is 0.469. The van der Waals surface area contributed by atoms with Gasteiger partial charge in [0.2, 0.25) is 0 Å². The van der Waals surface area contributed by atoms with Crippen molar-refractivity contribution >= 4 is 15.9 Å². The number of benzene rings is 2. The molecule has 0 unspecified atom stereocenters. The highest BCUT2D eigenvalue weighted by Crippen LogP contribution is 2.28. The number of methoxy groups -OCH3 is 2. The average Bonchev–Trinajstić information content (AvgIpc) is 2.52. The summed E-state index contributed by atoms with van der Waals surface area (Å²) in [6, 6.07) is 13.6. The van der Waals surface area contributed by atoms with Crippen LogP contribution in [-0.4, -0.2) is 14.2 Å². The Hall–Kier alpha value is -1.68. The fraction of sp³-hybridized carbons (Fsp3) is 0.250. The van der Waals surface area contributed by atoms with Crippen molar-refractivity contribution in [2.45, 2.75) is 11.9 Å². The van der Waals surface area contributed by atoms with E-state index in [1.54, 1.807) is 14.2 Å². The number of hydrogen-bond donors (Lipinski definition) is 0. The molecule has 0 bridgehead atoms. The van der Waals surface area contributed by atoms with Gasteiger partial charge in [0.25, 0.3) is 0 Å². The van der Waals surface area contributed by atoms with Gasteiger partial charge in [-0.05, 0) is 24.3 Å². The Kier molecular flexibility index (Phi) is 5.30. The van der Waals surface area contributed by atoms with Crippen molar-refractivity contribution in [3.63, 3.8) is 0 Å².